The molecule has 0 spiro atoms. The normalized spacial score (nSPS) is 10.6. The molecule has 0 bridgehead atoms. The van der Waals surface area contributed by atoms with Crippen molar-refractivity contribution in [1.29, 1.82) is 0 Å². The van der Waals surface area contributed by atoms with Crippen LogP contribution in [0.3, 0.4) is 0 Å². The molecule has 0 unspecified atom stereocenters. The molecule has 0 aliphatic rings. The lowest BCUT2D eigenvalue weighted by molar-refractivity contribution is 0.627. The highest BCUT2D eigenvalue weighted by atomic mass is 35.5. The third-order valence-electron chi connectivity index (χ3n) is 3.19. The van der Waals surface area contributed by atoms with Crippen LogP contribution < -0.4 is 10.2 Å². The Hall–Kier alpha value is -1.58. The van der Waals surface area contributed by atoms with Crippen LogP contribution >= 0.6 is 11.6 Å². The van der Waals surface area contributed by atoms with Gasteiger partial charge >= 0.3 is 0 Å². The Morgan fingerprint density at radius 3 is 2.60 bits per heavy atom. The number of hydrogen-bond acceptors (Lipinski definition) is 2. The molecule has 2 rings (SSSR count). The summed E-state index contributed by atoms with van der Waals surface area (Å²) < 4.78 is 13.9. The third-order valence-corrected chi connectivity index (χ3v) is 3.42. The summed E-state index contributed by atoms with van der Waals surface area (Å²) in [7, 11) is 1.85. The Labute approximate surface area is 124 Å². The van der Waals surface area contributed by atoms with Crippen molar-refractivity contribution >= 4 is 23.0 Å². The van der Waals surface area contributed by atoms with E-state index in [1.54, 1.807) is 12.1 Å². The number of benzene rings is 2. The molecule has 0 aliphatic heterocycles. The van der Waals surface area contributed by atoms with E-state index >= 15 is 0 Å². The van der Waals surface area contributed by atoms with Crippen LogP contribution in [0.25, 0.3) is 0 Å². The lowest BCUT2D eigenvalue weighted by atomic mass is 10.1. The molecule has 0 saturated carbocycles. The van der Waals surface area contributed by atoms with Gasteiger partial charge in [-0.15, -0.1) is 0 Å². The minimum absolute atomic E-state index is 0.246. The van der Waals surface area contributed by atoms with Crippen molar-refractivity contribution in [3.63, 3.8) is 0 Å². The van der Waals surface area contributed by atoms with Crippen molar-refractivity contribution < 1.29 is 4.39 Å². The van der Waals surface area contributed by atoms with E-state index in [-0.39, 0.29) is 5.82 Å². The average molecular weight is 293 g/mol. The Morgan fingerprint density at radius 2 is 1.90 bits per heavy atom. The SMILES string of the molecule is CCNCc1ccc(Cl)cc1N(C)c1ccccc1F. The summed E-state index contributed by atoms with van der Waals surface area (Å²) in [6.45, 7) is 3.66. The van der Waals surface area contributed by atoms with Gasteiger partial charge in [-0.2, -0.15) is 0 Å². The molecule has 20 heavy (non-hydrogen) atoms. The second kappa shape index (κ2) is 6.73. The monoisotopic (exact) mass is 292 g/mol. The number of para-hydroxylation sites is 1. The highest BCUT2D eigenvalue weighted by molar-refractivity contribution is 6.30. The largest absolute Gasteiger partial charge is 0.342 e. The molecule has 1 N–H and O–H groups in total. The van der Waals surface area contributed by atoms with Crippen molar-refractivity contribution in [2.75, 3.05) is 18.5 Å². The molecule has 0 aliphatic carbocycles. The van der Waals surface area contributed by atoms with Crippen LogP contribution in [0.2, 0.25) is 5.02 Å². The Balaban J connectivity index is 2.40. The van der Waals surface area contributed by atoms with Crippen molar-refractivity contribution in [2.45, 2.75) is 13.5 Å². The first-order chi connectivity index (χ1) is 9.63. The van der Waals surface area contributed by atoms with E-state index in [1.807, 2.05) is 36.2 Å². The predicted octanol–water partition coefficient (Wildman–Crippen LogP) is 4.36. The zero-order valence-corrected chi connectivity index (χ0v) is 12.4. The Kier molecular flexibility index (Phi) is 4.99. The molecule has 106 valence electrons. The molecule has 0 atom stereocenters. The van der Waals surface area contributed by atoms with Gasteiger partial charge in [-0.3, -0.25) is 0 Å². The summed E-state index contributed by atoms with van der Waals surface area (Å²) in [5.74, 6) is -0.246. The fourth-order valence-corrected chi connectivity index (χ4v) is 2.28. The zero-order chi connectivity index (χ0) is 14.5. The molecular formula is C16H18ClFN2. The van der Waals surface area contributed by atoms with Crippen LogP contribution in [-0.2, 0) is 6.54 Å². The maximum atomic E-state index is 13.9. The Morgan fingerprint density at radius 1 is 1.15 bits per heavy atom. The summed E-state index contributed by atoms with van der Waals surface area (Å²) >= 11 is 6.08. The van der Waals surface area contributed by atoms with Gasteiger partial charge in [0.05, 0.1) is 5.69 Å². The first-order valence-electron chi connectivity index (χ1n) is 6.61. The number of halogens is 2. The van der Waals surface area contributed by atoms with E-state index in [4.69, 9.17) is 11.6 Å². The molecule has 0 amide bonds. The topological polar surface area (TPSA) is 15.3 Å². The third kappa shape index (κ3) is 3.30. The lowest BCUT2D eigenvalue weighted by Crippen LogP contribution is -2.17. The predicted molar refractivity (Wildman–Crippen MR) is 83.3 cm³/mol. The van der Waals surface area contributed by atoms with Crippen molar-refractivity contribution in [3.05, 3.63) is 58.9 Å². The molecular weight excluding hydrogens is 275 g/mol. The summed E-state index contributed by atoms with van der Waals surface area (Å²) in [5.41, 5.74) is 2.53. The lowest BCUT2D eigenvalue weighted by Gasteiger charge is -2.23. The summed E-state index contributed by atoms with van der Waals surface area (Å²) in [4.78, 5) is 1.83. The van der Waals surface area contributed by atoms with Crippen LogP contribution in [-0.4, -0.2) is 13.6 Å². The number of nitrogens with one attached hydrogen (secondary N) is 1. The minimum Gasteiger partial charge on any atom is -0.342 e. The van der Waals surface area contributed by atoms with Crippen molar-refractivity contribution in [2.24, 2.45) is 0 Å². The van der Waals surface area contributed by atoms with Gasteiger partial charge < -0.3 is 10.2 Å². The zero-order valence-electron chi connectivity index (χ0n) is 11.7. The first kappa shape index (κ1) is 14.8. The summed E-state index contributed by atoms with van der Waals surface area (Å²) in [6, 6.07) is 12.4. The van der Waals surface area contributed by atoms with Gasteiger partial charge in [0.15, 0.2) is 0 Å². The smallest absolute Gasteiger partial charge is 0.146 e. The molecule has 2 aromatic carbocycles. The molecule has 2 nitrogen and oxygen atoms in total. The molecule has 0 heterocycles. The number of anilines is 2. The molecule has 2 aromatic rings. The minimum atomic E-state index is -0.246. The van der Waals surface area contributed by atoms with E-state index in [0.717, 1.165) is 24.3 Å². The second-order valence-corrected chi connectivity index (χ2v) is 5.00. The maximum Gasteiger partial charge on any atom is 0.146 e. The van der Waals surface area contributed by atoms with Crippen molar-refractivity contribution in [3.8, 4) is 0 Å². The van der Waals surface area contributed by atoms with E-state index in [1.165, 1.54) is 6.07 Å². The van der Waals surface area contributed by atoms with Crippen LogP contribution in [0.1, 0.15) is 12.5 Å². The summed E-state index contributed by atoms with van der Waals surface area (Å²) in [5, 5.41) is 3.92. The first-order valence-corrected chi connectivity index (χ1v) is 6.98. The van der Waals surface area contributed by atoms with E-state index in [9.17, 15) is 4.39 Å². The number of nitrogens with zero attached hydrogens (tertiary/aromatic N) is 1. The van der Waals surface area contributed by atoms with E-state index in [2.05, 4.69) is 12.2 Å². The number of rotatable bonds is 5. The highest BCUT2D eigenvalue weighted by Crippen LogP contribution is 2.31. The van der Waals surface area contributed by atoms with Gasteiger partial charge in [-0.05, 0) is 36.4 Å². The molecule has 0 fully saturated rings. The number of hydrogen-bond donors (Lipinski definition) is 1. The second-order valence-electron chi connectivity index (χ2n) is 4.56. The molecule has 4 heteroatoms. The van der Waals surface area contributed by atoms with Crippen LogP contribution in [0.5, 0.6) is 0 Å². The van der Waals surface area contributed by atoms with Crippen LogP contribution in [0.4, 0.5) is 15.8 Å². The molecule has 0 radical (unpaired) electrons. The van der Waals surface area contributed by atoms with Gasteiger partial charge in [-0.25, -0.2) is 4.39 Å². The average Bonchev–Trinajstić information content (AvgIpc) is 2.46. The standard InChI is InChI=1S/C16H18ClFN2/c1-3-19-11-12-8-9-13(17)10-16(12)20(2)15-7-5-4-6-14(15)18/h4-10,19H,3,11H2,1-2H3. The highest BCUT2D eigenvalue weighted by Gasteiger charge is 2.13. The van der Waals surface area contributed by atoms with Crippen LogP contribution in [0, 0.1) is 5.82 Å². The molecule has 0 aromatic heterocycles. The maximum absolute atomic E-state index is 13.9. The quantitative estimate of drug-likeness (QED) is 0.881. The summed E-state index contributed by atoms with van der Waals surface area (Å²) in [6.07, 6.45) is 0. The van der Waals surface area contributed by atoms with Gasteiger partial charge in [0, 0.05) is 24.3 Å². The van der Waals surface area contributed by atoms with Gasteiger partial charge in [0.25, 0.3) is 0 Å². The van der Waals surface area contributed by atoms with E-state index in [0.29, 0.717) is 10.7 Å². The fraction of sp³-hybridized carbons (Fsp3) is 0.250. The Bertz CT molecular complexity index is 586. The van der Waals surface area contributed by atoms with Crippen LogP contribution in [0.15, 0.2) is 42.5 Å². The fourth-order valence-electron chi connectivity index (χ4n) is 2.11. The van der Waals surface area contributed by atoms with Gasteiger partial charge in [0.1, 0.15) is 5.82 Å². The van der Waals surface area contributed by atoms with Crippen molar-refractivity contribution in [1.82, 2.24) is 5.32 Å². The van der Waals surface area contributed by atoms with Gasteiger partial charge in [0.2, 0.25) is 0 Å². The van der Waals surface area contributed by atoms with E-state index < -0.39 is 0 Å². The van der Waals surface area contributed by atoms with Gasteiger partial charge in [-0.1, -0.05) is 36.7 Å². The molecule has 0 saturated heterocycles.